The maximum absolute atomic E-state index is 11.9. The Kier molecular flexibility index (Phi) is 3.19. The van der Waals surface area contributed by atoms with Gasteiger partial charge in [-0.15, -0.1) is 0 Å². The second kappa shape index (κ2) is 4.81. The maximum Gasteiger partial charge on any atom is 0.339 e. The number of rotatable bonds is 3. The monoisotopic (exact) mass is 261 g/mol. The minimum atomic E-state index is -1.14. The molecule has 0 atom stereocenters. The van der Waals surface area contributed by atoms with Crippen LogP contribution in [0.5, 0.6) is 0 Å². The normalized spacial score (nSPS) is 10.2. The minimum Gasteiger partial charge on any atom is -0.478 e. The van der Waals surface area contributed by atoms with E-state index in [4.69, 9.17) is 5.11 Å². The van der Waals surface area contributed by atoms with Crippen molar-refractivity contribution < 1.29 is 14.7 Å². The van der Waals surface area contributed by atoms with Crippen LogP contribution in [0, 0.1) is 6.92 Å². The molecule has 0 aliphatic heterocycles. The standard InChI is InChI=1S/C12H11N3O4/c1-6-10(12(18)19)8(5-13-6)15-11(17)7-3-2-4-9(16)14-7/h2-5,13H,1H3,(H,14,16)(H,15,17)(H,18,19). The first kappa shape index (κ1) is 12.6. The van der Waals surface area contributed by atoms with Gasteiger partial charge in [-0.2, -0.15) is 0 Å². The van der Waals surface area contributed by atoms with Crippen molar-refractivity contribution in [1.82, 2.24) is 9.97 Å². The van der Waals surface area contributed by atoms with E-state index in [0.29, 0.717) is 5.69 Å². The third-order valence-electron chi connectivity index (χ3n) is 2.55. The number of anilines is 1. The molecule has 0 bridgehead atoms. The summed E-state index contributed by atoms with van der Waals surface area (Å²) in [6.45, 7) is 1.59. The number of carboxylic acids is 1. The van der Waals surface area contributed by atoms with Crippen molar-refractivity contribution >= 4 is 17.6 Å². The largest absolute Gasteiger partial charge is 0.478 e. The maximum atomic E-state index is 11.9. The SMILES string of the molecule is Cc1[nH]cc(NC(=O)c2cccc(=O)[nH]2)c1C(=O)O. The molecule has 0 aromatic carbocycles. The first-order chi connectivity index (χ1) is 8.99. The van der Waals surface area contributed by atoms with E-state index in [2.05, 4.69) is 15.3 Å². The molecule has 2 rings (SSSR count). The van der Waals surface area contributed by atoms with Crippen molar-refractivity contribution in [3.05, 3.63) is 51.7 Å². The van der Waals surface area contributed by atoms with Gasteiger partial charge in [-0.25, -0.2) is 4.79 Å². The molecule has 7 nitrogen and oxygen atoms in total. The summed E-state index contributed by atoms with van der Waals surface area (Å²) >= 11 is 0. The van der Waals surface area contributed by atoms with Crippen LogP contribution in [0.15, 0.2) is 29.2 Å². The van der Waals surface area contributed by atoms with Crippen molar-refractivity contribution in [3.8, 4) is 0 Å². The van der Waals surface area contributed by atoms with E-state index in [1.807, 2.05) is 0 Å². The molecular weight excluding hydrogens is 250 g/mol. The van der Waals surface area contributed by atoms with Gasteiger partial charge in [0.2, 0.25) is 5.56 Å². The number of aryl methyl sites for hydroxylation is 1. The number of pyridine rings is 1. The first-order valence-corrected chi connectivity index (χ1v) is 5.41. The number of aromatic carboxylic acids is 1. The number of nitrogens with one attached hydrogen (secondary N) is 3. The van der Waals surface area contributed by atoms with Crippen LogP contribution in [-0.4, -0.2) is 27.0 Å². The topological polar surface area (TPSA) is 115 Å². The predicted octanol–water partition coefficient (Wildman–Crippen LogP) is 0.962. The summed E-state index contributed by atoms with van der Waals surface area (Å²) in [5.41, 5.74) is 0.231. The van der Waals surface area contributed by atoms with Crippen LogP contribution in [-0.2, 0) is 0 Å². The third kappa shape index (κ3) is 2.54. The highest BCUT2D eigenvalue weighted by Gasteiger charge is 2.17. The molecule has 2 aromatic heterocycles. The number of H-pyrrole nitrogens is 2. The molecule has 19 heavy (non-hydrogen) atoms. The zero-order valence-corrected chi connectivity index (χ0v) is 9.98. The molecule has 0 fully saturated rings. The molecule has 1 amide bonds. The highest BCUT2D eigenvalue weighted by atomic mass is 16.4. The average molecular weight is 261 g/mol. The molecule has 0 radical (unpaired) electrons. The molecule has 0 spiro atoms. The molecule has 2 aromatic rings. The molecule has 7 heteroatoms. The summed E-state index contributed by atoms with van der Waals surface area (Å²) in [5.74, 6) is -1.73. The van der Waals surface area contributed by atoms with Crippen LogP contribution in [0.3, 0.4) is 0 Å². The van der Waals surface area contributed by atoms with Gasteiger partial charge in [0.1, 0.15) is 11.3 Å². The summed E-state index contributed by atoms with van der Waals surface area (Å²) in [6.07, 6.45) is 1.39. The van der Waals surface area contributed by atoms with E-state index < -0.39 is 17.4 Å². The molecule has 0 saturated heterocycles. The second-order valence-electron chi connectivity index (χ2n) is 3.89. The Morgan fingerprint density at radius 2 is 2.05 bits per heavy atom. The van der Waals surface area contributed by atoms with E-state index in [0.717, 1.165) is 0 Å². The van der Waals surface area contributed by atoms with E-state index >= 15 is 0 Å². The number of carbonyl (C=O) groups excluding carboxylic acids is 1. The number of aromatic nitrogens is 2. The highest BCUT2D eigenvalue weighted by Crippen LogP contribution is 2.19. The molecule has 4 N–H and O–H groups in total. The summed E-state index contributed by atoms with van der Waals surface area (Å²) in [4.78, 5) is 39.1. The summed E-state index contributed by atoms with van der Waals surface area (Å²) in [6, 6.07) is 4.14. The summed E-state index contributed by atoms with van der Waals surface area (Å²) < 4.78 is 0. The van der Waals surface area contributed by atoms with Crippen LogP contribution in [0.2, 0.25) is 0 Å². The van der Waals surface area contributed by atoms with Gasteiger partial charge in [-0.05, 0) is 13.0 Å². The van der Waals surface area contributed by atoms with E-state index in [-0.39, 0.29) is 16.9 Å². The fourth-order valence-corrected chi connectivity index (χ4v) is 1.67. The van der Waals surface area contributed by atoms with Gasteiger partial charge in [-0.3, -0.25) is 9.59 Å². The van der Waals surface area contributed by atoms with Gasteiger partial charge in [0.25, 0.3) is 5.91 Å². The molecular formula is C12H11N3O4. The lowest BCUT2D eigenvalue weighted by Gasteiger charge is -2.04. The van der Waals surface area contributed by atoms with Crippen LogP contribution in [0.1, 0.15) is 26.5 Å². The molecule has 0 aliphatic rings. The van der Waals surface area contributed by atoms with Crippen molar-refractivity contribution in [2.45, 2.75) is 6.92 Å². The van der Waals surface area contributed by atoms with Crippen molar-refractivity contribution in [2.24, 2.45) is 0 Å². The van der Waals surface area contributed by atoms with Crippen LogP contribution >= 0.6 is 0 Å². The minimum absolute atomic E-state index is 0.00775. The zero-order chi connectivity index (χ0) is 14.0. The smallest absolute Gasteiger partial charge is 0.339 e. The Morgan fingerprint density at radius 1 is 1.32 bits per heavy atom. The first-order valence-electron chi connectivity index (χ1n) is 5.41. The van der Waals surface area contributed by atoms with Crippen molar-refractivity contribution in [3.63, 3.8) is 0 Å². The lowest BCUT2D eigenvalue weighted by Crippen LogP contribution is -2.18. The van der Waals surface area contributed by atoms with Gasteiger partial charge < -0.3 is 20.4 Å². The fourth-order valence-electron chi connectivity index (χ4n) is 1.67. The molecule has 98 valence electrons. The van der Waals surface area contributed by atoms with Crippen LogP contribution in [0.25, 0.3) is 0 Å². The van der Waals surface area contributed by atoms with Gasteiger partial charge in [0.15, 0.2) is 0 Å². The van der Waals surface area contributed by atoms with Gasteiger partial charge in [0.05, 0.1) is 5.69 Å². The Hall–Kier alpha value is -2.83. The Morgan fingerprint density at radius 3 is 2.68 bits per heavy atom. The van der Waals surface area contributed by atoms with Crippen molar-refractivity contribution in [1.29, 1.82) is 0 Å². The molecule has 2 heterocycles. The Balaban J connectivity index is 2.29. The average Bonchev–Trinajstić information content (AvgIpc) is 2.70. The van der Waals surface area contributed by atoms with E-state index in [1.54, 1.807) is 6.92 Å². The molecule has 0 saturated carbocycles. The molecule has 0 aliphatic carbocycles. The zero-order valence-electron chi connectivity index (χ0n) is 9.98. The number of hydrogen-bond acceptors (Lipinski definition) is 3. The number of carboxylic acid groups (broad SMARTS) is 1. The number of carbonyl (C=O) groups is 2. The number of aromatic amines is 2. The number of hydrogen-bond donors (Lipinski definition) is 4. The van der Waals surface area contributed by atoms with Crippen molar-refractivity contribution in [2.75, 3.05) is 5.32 Å². The van der Waals surface area contributed by atoms with Gasteiger partial charge in [-0.1, -0.05) is 6.07 Å². The Labute approximate surface area is 107 Å². The van der Waals surface area contributed by atoms with Crippen LogP contribution in [0.4, 0.5) is 5.69 Å². The summed E-state index contributed by atoms with van der Waals surface area (Å²) in [5, 5.41) is 11.5. The second-order valence-corrected chi connectivity index (χ2v) is 3.89. The quantitative estimate of drug-likeness (QED) is 0.658. The highest BCUT2D eigenvalue weighted by molar-refractivity contribution is 6.07. The lowest BCUT2D eigenvalue weighted by molar-refractivity contribution is 0.0697. The van der Waals surface area contributed by atoms with Crippen LogP contribution < -0.4 is 10.9 Å². The summed E-state index contributed by atoms with van der Waals surface area (Å²) in [7, 11) is 0. The predicted molar refractivity (Wildman–Crippen MR) is 67.5 cm³/mol. The Bertz CT molecular complexity index is 699. The third-order valence-corrected chi connectivity index (χ3v) is 2.55. The lowest BCUT2D eigenvalue weighted by atomic mass is 10.2. The number of amides is 1. The van der Waals surface area contributed by atoms with E-state index in [9.17, 15) is 14.4 Å². The fraction of sp³-hybridized carbons (Fsp3) is 0.0833. The van der Waals surface area contributed by atoms with Gasteiger partial charge >= 0.3 is 5.97 Å². The van der Waals surface area contributed by atoms with E-state index in [1.165, 1.54) is 24.4 Å². The van der Waals surface area contributed by atoms with Gasteiger partial charge in [0, 0.05) is 18.0 Å². The molecule has 0 unspecified atom stereocenters.